The number of amides is 2. The fraction of sp³-hybridized carbons (Fsp3) is 0.400. The maximum atomic E-state index is 13.3. The van der Waals surface area contributed by atoms with E-state index < -0.39 is 0 Å². The molecular weight excluding hydrogens is 386 g/mol. The van der Waals surface area contributed by atoms with Crippen molar-refractivity contribution in [2.45, 2.75) is 25.3 Å². The van der Waals surface area contributed by atoms with Crippen LogP contribution in [-0.2, 0) is 0 Å². The van der Waals surface area contributed by atoms with Crippen molar-refractivity contribution in [3.63, 3.8) is 0 Å². The van der Waals surface area contributed by atoms with Crippen LogP contribution in [0.1, 0.15) is 29.0 Å². The third kappa shape index (κ3) is 3.88. The Kier molecular flexibility index (Phi) is 5.32. The molecule has 31 heavy (non-hydrogen) atoms. The lowest BCUT2D eigenvalue weighted by atomic mass is 9.91. The molecule has 1 N–H and O–H groups in total. The molecule has 1 fully saturated rings. The highest BCUT2D eigenvalue weighted by molar-refractivity contribution is 6.15. The van der Waals surface area contributed by atoms with Gasteiger partial charge in [-0.25, -0.2) is 4.79 Å². The average Bonchev–Trinajstić information content (AvgIpc) is 3.37. The molecule has 6 nitrogen and oxygen atoms in total. The van der Waals surface area contributed by atoms with E-state index in [0.29, 0.717) is 12.5 Å². The van der Waals surface area contributed by atoms with Crippen LogP contribution >= 0.6 is 0 Å². The molecule has 1 aromatic heterocycles. The largest absolute Gasteiger partial charge is 0.333 e. The first kappa shape index (κ1) is 19.9. The fourth-order valence-electron chi connectivity index (χ4n) is 5.15. The number of pyridine rings is 1. The van der Waals surface area contributed by atoms with Crippen LogP contribution in [0.15, 0.2) is 64.9 Å². The van der Waals surface area contributed by atoms with Gasteiger partial charge in [0.2, 0.25) is 0 Å². The van der Waals surface area contributed by atoms with E-state index in [9.17, 15) is 4.79 Å². The third-order valence-corrected chi connectivity index (χ3v) is 6.81. The van der Waals surface area contributed by atoms with E-state index in [1.165, 1.54) is 22.3 Å². The molecule has 2 aromatic rings. The maximum Gasteiger partial charge on any atom is 0.317 e. The number of urea groups is 1. The quantitative estimate of drug-likeness (QED) is 0.838. The van der Waals surface area contributed by atoms with Gasteiger partial charge in [-0.3, -0.25) is 9.98 Å². The molecule has 0 spiro atoms. The first-order valence-corrected chi connectivity index (χ1v) is 11.1. The number of aromatic nitrogens is 1. The molecule has 0 unspecified atom stereocenters. The Morgan fingerprint density at radius 3 is 2.74 bits per heavy atom. The summed E-state index contributed by atoms with van der Waals surface area (Å²) in [6, 6.07) is 12.7. The van der Waals surface area contributed by atoms with Gasteiger partial charge in [0.15, 0.2) is 0 Å². The highest BCUT2D eigenvalue weighted by Crippen LogP contribution is 2.30. The number of carbonyl (C=O) groups is 1. The van der Waals surface area contributed by atoms with Crippen molar-refractivity contribution in [3.8, 4) is 0 Å². The van der Waals surface area contributed by atoms with Gasteiger partial charge in [0.1, 0.15) is 0 Å². The molecular formula is C25H29N5O. The number of likely N-dealkylation sites (tertiary alicyclic amines) is 1. The van der Waals surface area contributed by atoms with Gasteiger partial charge in [0, 0.05) is 50.1 Å². The first-order valence-electron chi connectivity index (χ1n) is 11.1. The predicted molar refractivity (Wildman–Crippen MR) is 123 cm³/mol. The zero-order valence-corrected chi connectivity index (χ0v) is 18.2. The first-order chi connectivity index (χ1) is 15.1. The van der Waals surface area contributed by atoms with E-state index in [4.69, 9.17) is 4.99 Å². The molecule has 5 rings (SSSR count). The molecule has 0 radical (unpaired) electrons. The summed E-state index contributed by atoms with van der Waals surface area (Å²) in [5.74, 6) is 0.315. The number of likely N-dealkylation sites (N-methyl/N-ethyl adjacent to an activating group) is 1. The van der Waals surface area contributed by atoms with Crippen LogP contribution in [-0.4, -0.2) is 72.3 Å². The van der Waals surface area contributed by atoms with E-state index in [2.05, 4.69) is 53.4 Å². The Morgan fingerprint density at radius 2 is 1.94 bits per heavy atom. The molecule has 2 amide bonds. The van der Waals surface area contributed by atoms with Crippen LogP contribution in [0.3, 0.4) is 0 Å². The summed E-state index contributed by atoms with van der Waals surface area (Å²) in [5.41, 5.74) is 7.32. The second-order valence-electron chi connectivity index (χ2n) is 8.89. The third-order valence-electron chi connectivity index (χ3n) is 6.81. The van der Waals surface area contributed by atoms with Crippen LogP contribution in [0.25, 0.3) is 0 Å². The standard InChI is InChI=1S/C25H29N5O/c1-17-5-3-4-6-20(17)22-14-29(2)16-23(22)28-25(31)30-12-9-19-13-27-24(21(19)15-30)18-7-10-26-11-8-18/h3-8,10-11,22-23H,9,12-16H2,1-2H3,(H,28,31)/t22-,23+/m0/s1. The molecule has 0 saturated carbocycles. The minimum absolute atomic E-state index is 0.0337. The smallest absolute Gasteiger partial charge is 0.317 e. The van der Waals surface area contributed by atoms with Gasteiger partial charge in [-0.2, -0.15) is 0 Å². The zero-order valence-electron chi connectivity index (χ0n) is 18.2. The molecule has 1 saturated heterocycles. The lowest BCUT2D eigenvalue weighted by Crippen LogP contribution is -2.49. The molecule has 6 heteroatoms. The zero-order chi connectivity index (χ0) is 21.4. The van der Waals surface area contributed by atoms with Gasteiger partial charge in [0.25, 0.3) is 0 Å². The van der Waals surface area contributed by atoms with E-state index in [1.54, 1.807) is 12.4 Å². The highest BCUT2D eigenvalue weighted by Gasteiger charge is 2.36. The number of aryl methyl sites for hydroxylation is 1. The van der Waals surface area contributed by atoms with Crippen molar-refractivity contribution >= 4 is 11.7 Å². The second kappa shape index (κ2) is 8.27. The van der Waals surface area contributed by atoms with E-state index in [0.717, 1.165) is 43.9 Å². The molecule has 3 aliphatic heterocycles. The van der Waals surface area contributed by atoms with Gasteiger partial charge in [0.05, 0.1) is 18.3 Å². The predicted octanol–water partition coefficient (Wildman–Crippen LogP) is 3.00. The molecule has 2 atom stereocenters. The Labute approximate surface area is 183 Å². The van der Waals surface area contributed by atoms with E-state index in [-0.39, 0.29) is 12.1 Å². The lowest BCUT2D eigenvalue weighted by Gasteiger charge is -2.31. The number of aliphatic imine (C=N–C) groups is 1. The number of nitrogens with zero attached hydrogens (tertiary/aromatic N) is 4. The number of nitrogens with one attached hydrogen (secondary N) is 1. The molecule has 160 valence electrons. The summed E-state index contributed by atoms with van der Waals surface area (Å²) in [6.45, 7) is 6.12. The van der Waals surface area contributed by atoms with Crippen molar-refractivity contribution in [1.29, 1.82) is 0 Å². The highest BCUT2D eigenvalue weighted by atomic mass is 16.2. The van der Waals surface area contributed by atoms with Gasteiger partial charge < -0.3 is 15.1 Å². The number of hydrogen-bond acceptors (Lipinski definition) is 4. The van der Waals surface area contributed by atoms with Crippen LogP contribution < -0.4 is 5.32 Å². The Bertz CT molecular complexity index is 1040. The minimum Gasteiger partial charge on any atom is -0.333 e. The summed E-state index contributed by atoms with van der Waals surface area (Å²) in [4.78, 5) is 26.4. The van der Waals surface area contributed by atoms with Crippen molar-refractivity contribution < 1.29 is 4.79 Å². The Morgan fingerprint density at radius 1 is 1.13 bits per heavy atom. The molecule has 4 heterocycles. The fourth-order valence-corrected chi connectivity index (χ4v) is 5.15. The Balaban J connectivity index is 1.30. The summed E-state index contributed by atoms with van der Waals surface area (Å²) < 4.78 is 0. The molecule has 0 bridgehead atoms. The van der Waals surface area contributed by atoms with Crippen LogP contribution in [0.4, 0.5) is 4.79 Å². The van der Waals surface area contributed by atoms with Gasteiger partial charge in [-0.15, -0.1) is 0 Å². The Hall–Kier alpha value is -2.99. The van der Waals surface area contributed by atoms with Crippen LogP contribution in [0.5, 0.6) is 0 Å². The summed E-state index contributed by atoms with van der Waals surface area (Å²) in [5, 5.41) is 3.36. The van der Waals surface area contributed by atoms with E-state index in [1.807, 2.05) is 17.0 Å². The van der Waals surface area contributed by atoms with Gasteiger partial charge in [-0.1, -0.05) is 24.3 Å². The maximum absolute atomic E-state index is 13.3. The number of rotatable bonds is 3. The summed E-state index contributed by atoms with van der Waals surface area (Å²) >= 11 is 0. The minimum atomic E-state index is 0.0337. The SMILES string of the molecule is Cc1ccccc1[C@@H]1CN(C)C[C@H]1NC(=O)N1CCC2=C(C1)C(c1ccncc1)=NC2. The summed E-state index contributed by atoms with van der Waals surface area (Å²) in [6.07, 6.45) is 4.49. The average molecular weight is 416 g/mol. The normalized spacial score (nSPS) is 23.7. The second-order valence-corrected chi connectivity index (χ2v) is 8.89. The van der Waals surface area contributed by atoms with Crippen molar-refractivity contribution in [2.75, 3.05) is 39.8 Å². The molecule has 0 aliphatic carbocycles. The van der Waals surface area contributed by atoms with Crippen molar-refractivity contribution in [2.24, 2.45) is 4.99 Å². The summed E-state index contributed by atoms with van der Waals surface area (Å²) in [7, 11) is 2.13. The van der Waals surface area contributed by atoms with Gasteiger partial charge in [-0.05, 0) is 54.8 Å². The molecule has 1 aromatic carbocycles. The van der Waals surface area contributed by atoms with Gasteiger partial charge >= 0.3 is 6.03 Å². The topological polar surface area (TPSA) is 60.8 Å². The number of hydrogen-bond donors (Lipinski definition) is 1. The monoisotopic (exact) mass is 415 g/mol. The van der Waals surface area contributed by atoms with Crippen molar-refractivity contribution in [3.05, 3.63) is 76.6 Å². The number of benzene rings is 1. The lowest BCUT2D eigenvalue weighted by molar-refractivity contribution is 0.196. The van der Waals surface area contributed by atoms with Crippen molar-refractivity contribution in [1.82, 2.24) is 20.1 Å². The van der Waals surface area contributed by atoms with E-state index >= 15 is 0 Å². The van der Waals surface area contributed by atoms with Crippen LogP contribution in [0, 0.1) is 6.92 Å². The van der Waals surface area contributed by atoms with Crippen LogP contribution in [0.2, 0.25) is 0 Å². The molecule has 3 aliphatic rings. The number of carbonyl (C=O) groups excluding carboxylic acids is 1.